The van der Waals surface area contributed by atoms with Crippen molar-refractivity contribution in [3.8, 4) is 0 Å². The van der Waals surface area contributed by atoms with Crippen LogP contribution in [-0.4, -0.2) is 35.7 Å². The zero-order valence-corrected chi connectivity index (χ0v) is 8.84. The molecule has 14 heavy (non-hydrogen) atoms. The highest BCUT2D eigenvalue weighted by Gasteiger charge is 2.20. The van der Waals surface area contributed by atoms with Crippen LogP contribution in [0, 0.1) is 0 Å². The predicted octanol–water partition coefficient (Wildman–Crippen LogP) is 1.06. The van der Waals surface area contributed by atoms with Crippen molar-refractivity contribution in [2.75, 3.05) is 31.7 Å². The topological polar surface area (TPSA) is 56.3 Å². The third-order valence-corrected chi connectivity index (χ3v) is 2.56. The zero-order valence-electron chi connectivity index (χ0n) is 8.02. The molecule has 1 atom stereocenters. The first-order valence-corrected chi connectivity index (χ1v) is 5.44. The van der Waals surface area contributed by atoms with Crippen LogP contribution in [0.1, 0.15) is 18.9 Å². The number of nitrogens with one attached hydrogen (secondary N) is 1. The maximum Gasteiger partial charge on any atom is 0.202 e. The molecule has 0 saturated carbocycles. The minimum atomic E-state index is -0.0904. The molecule has 78 valence electrons. The van der Waals surface area contributed by atoms with Gasteiger partial charge in [0.2, 0.25) is 5.13 Å². The summed E-state index contributed by atoms with van der Waals surface area (Å²) in [6.45, 7) is 4.74. The smallest absolute Gasteiger partial charge is 0.202 e. The maximum absolute atomic E-state index is 5.48. The van der Waals surface area contributed by atoms with E-state index in [0.29, 0.717) is 19.8 Å². The van der Waals surface area contributed by atoms with E-state index in [0.717, 1.165) is 17.5 Å². The summed E-state index contributed by atoms with van der Waals surface area (Å²) in [5.74, 6) is 0.727. The van der Waals surface area contributed by atoms with E-state index < -0.39 is 0 Å². The van der Waals surface area contributed by atoms with Crippen LogP contribution in [-0.2, 0) is 9.47 Å². The van der Waals surface area contributed by atoms with Crippen LogP contribution in [0.5, 0.6) is 0 Å². The second-order valence-electron chi connectivity index (χ2n) is 2.92. The summed E-state index contributed by atoms with van der Waals surface area (Å²) >= 11 is 1.36. The number of rotatable bonds is 3. The fourth-order valence-electron chi connectivity index (χ4n) is 1.23. The second kappa shape index (κ2) is 4.68. The van der Waals surface area contributed by atoms with E-state index in [-0.39, 0.29) is 6.10 Å². The van der Waals surface area contributed by atoms with Gasteiger partial charge in [0.15, 0.2) is 5.82 Å². The first-order valence-electron chi connectivity index (χ1n) is 4.67. The molecule has 2 heterocycles. The van der Waals surface area contributed by atoms with Crippen LogP contribution >= 0.6 is 11.5 Å². The van der Waals surface area contributed by atoms with E-state index in [2.05, 4.69) is 14.7 Å². The Morgan fingerprint density at radius 2 is 2.50 bits per heavy atom. The van der Waals surface area contributed by atoms with Crippen molar-refractivity contribution in [1.82, 2.24) is 9.36 Å². The number of hydrogen-bond donors (Lipinski definition) is 1. The quantitative estimate of drug-likeness (QED) is 0.817. The number of ether oxygens (including phenoxy) is 2. The van der Waals surface area contributed by atoms with E-state index in [9.17, 15) is 0 Å². The molecular formula is C8H13N3O2S. The molecule has 0 bridgehead atoms. The summed E-state index contributed by atoms with van der Waals surface area (Å²) in [4.78, 5) is 4.31. The molecule has 0 amide bonds. The molecule has 5 nitrogen and oxygen atoms in total. The van der Waals surface area contributed by atoms with Gasteiger partial charge in [-0.3, -0.25) is 0 Å². The molecule has 1 fully saturated rings. The predicted molar refractivity (Wildman–Crippen MR) is 53.6 cm³/mol. The van der Waals surface area contributed by atoms with Gasteiger partial charge in [-0.25, -0.2) is 4.98 Å². The van der Waals surface area contributed by atoms with Gasteiger partial charge in [-0.2, -0.15) is 4.37 Å². The van der Waals surface area contributed by atoms with Crippen molar-refractivity contribution < 1.29 is 9.47 Å². The molecule has 1 unspecified atom stereocenters. The van der Waals surface area contributed by atoms with Gasteiger partial charge in [-0.15, -0.1) is 0 Å². The lowest BCUT2D eigenvalue weighted by atomic mass is 10.3. The van der Waals surface area contributed by atoms with Gasteiger partial charge in [0.1, 0.15) is 6.10 Å². The van der Waals surface area contributed by atoms with Gasteiger partial charge in [0.25, 0.3) is 0 Å². The summed E-state index contributed by atoms with van der Waals surface area (Å²) < 4.78 is 15.0. The third kappa shape index (κ3) is 2.20. The number of hydrogen-bond acceptors (Lipinski definition) is 6. The molecule has 2 rings (SSSR count). The lowest BCUT2D eigenvalue weighted by Gasteiger charge is -2.20. The average molecular weight is 215 g/mol. The van der Waals surface area contributed by atoms with Gasteiger partial charge in [-0.05, 0) is 6.92 Å². The Bertz CT molecular complexity index is 286. The molecule has 0 spiro atoms. The van der Waals surface area contributed by atoms with Crippen molar-refractivity contribution in [3.05, 3.63) is 5.82 Å². The van der Waals surface area contributed by atoms with Gasteiger partial charge in [0, 0.05) is 18.1 Å². The molecule has 6 heteroatoms. The fourth-order valence-corrected chi connectivity index (χ4v) is 1.91. The summed E-state index contributed by atoms with van der Waals surface area (Å²) in [5.41, 5.74) is 0. The Labute approximate surface area is 86.6 Å². The van der Waals surface area contributed by atoms with Gasteiger partial charge in [0.05, 0.1) is 19.8 Å². The molecule has 1 aliphatic rings. The number of nitrogens with zero attached hydrogens (tertiary/aromatic N) is 2. The molecule has 1 saturated heterocycles. The Morgan fingerprint density at radius 3 is 3.21 bits per heavy atom. The van der Waals surface area contributed by atoms with Crippen LogP contribution in [0.3, 0.4) is 0 Å². The molecule has 1 N–H and O–H groups in total. The first-order chi connectivity index (χ1) is 6.90. The number of aromatic nitrogens is 2. The standard InChI is InChI=1S/C8H13N3O2S/c1-2-9-8-10-7(11-14-8)6-5-12-3-4-13-6/h6H,2-5H2,1H3,(H,9,10,11). The molecule has 0 aliphatic carbocycles. The molecule has 1 aromatic rings. The van der Waals surface area contributed by atoms with Crippen LogP contribution in [0.2, 0.25) is 0 Å². The Balaban J connectivity index is 2.00. The summed E-state index contributed by atoms with van der Waals surface area (Å²) in [7, 11) is 0. The Hall–Kier alpha value is -0.720. The molecule has 1 aromatic heterocycles. The average Bonchev–Trinajstić information content (AvgIpc) is 2.68. The maximum atomic E-state index is 5.48. The fraction of sp³-hybridized carbons (Fsp3) is 0.750. The van der Waals surface area contributed by atoms with E-state index in [1.54, 1.807) is 0 Å². The van der Waals surface area contributed by atoms with Gasteiger partial charge >= 0.3 is 0 Å². The summed E-state index contributed by atoms with van der Waals surface area (Å²) in [6, 6.07) is 0. The monoisotopic (exact) mass is 215 g/mol. The van der Waals surface area contributed by atoms with E-state index in [1.807, 2.05) is 6.92 Å². The highest BCUT2D eigenvalue weighted by Crippen LogP contribution is 2.21. The summed E-state index contributed by atoms with van der Waals surface area (Å²) in [5, 5.41) is 3.96. The van der Waals surface area contributed by atoms with Gasteiger partial charge in [-0.1, -0.05) is 0 Å². The SMILES string of the molecule is CCNc1nc(C2COCCO2)ns1. The zero-order chi connectivity index (χ0) is 9.80. The van der Waals surface area contributed by atoms with E-state index in [4.69, 9.17) is 9.47 Å². The van der Waals surface area contributed by atoms with Crippen molar-refractivity contribution >= 4 is 16.7 Å². The minimum absolute atomic E-state index is 0.0904. The lowest BCUT2D eigenvalue weighted by Crippen LogP contribution is -2.22. The van der Waals surface area contributed by atoms with E-state index in [1.165, 1.54) is 11.5 Å². The van der Waals surface area contributed by atoms with Crippen LogP contribution in [0.25, 0.3) is 0 Å². The van der Waals surface area contributed by atoms with Crippen molar-refractivity contribution in [2.45, 2.75) is 13.0 Å². The normalized spacial score (nSPS) is 22.2. The number of anilines is 1. The first kappa shape index (κ1) is 9.82. The molecule has 1 aliphatic heterocycles. The largest absolute Gasteiger partial charge is 0.376 e. The van der Waals surface area contributed by atoms with E-state index >= 15 is 0 Å². The summed E-state index contributed by atoms with van der Waals surface area (Å²) in [6.07, 6.45) is -0.0904. The van der Waals surface area contributed by atoms with Gasteiger partial charge < -0.3 is 14.8 Å². The highest BCUT2D eigenvalue weighted by atomic mass is 32.1. The van der Waals surface area contributed by atoms with Crippen molar-refractivity contribution in [2.24, 2.45) is 0 Å². The highest BCUT2D eigenvalue weighted by molar-refractivity contribution is 7.09. The van der Waals surface area contributed by atoms with Crippen molar-refractivity contribution in [3.63, 3.8) is 0 Å². The molecule has 0 radical (unpaired) electrons. The second-order valence-corrected chi connectivity index (χ2v) is 3.67. The molecule has 0 aromatic carbocycles. The molecular weight excluding hydrogens is 202 g/mol. The Morgan fingerprint density at radius 1 is 1.57 bits per heavy atom. The third-order valence-electron chi connectivity index (χ3n) is 1.87. The van der Waals surface area contributed by atoms with Crippen LogP contribution in [0.15, 0.2) is 0 Å². The van der Waals surface area contributed by atoms with Crippen LogP contribution < -0.4 is 5.32 Å². The van der Waals surface area contributed by atoms with Crippen LogP contribution in [0.4, 0.5) is 5.13 Å². The minimum Gasteiger partial charge on any atom is -0.376 e. The lowest BCUT2D eigenvalue weighted by molar-refractivity contribution is -0.0930. The Kier molecular flexibility index (Phi) is 3.28. The van der Waals surface area contributed by atoms with Crippen molar-refractivity contribution in [1.29, 1.82) is 0 Å².